The summed E-state index contributed by atoms with van der Waals surface area (Å²) in [5.74, 6) is 0. The van der Waals surface area contributed by atoms with Crippen LogP contribution in [0.2, 0.25) is 0 Å². The van der Waals surface area contributed by atoms with E-state index in [0.29, 0.717) is 11.1 Å². The van der Waals surface area contributed by atoms with Gasteiger partial charge < -0.3 is 0 Å². The molecule has 0 amide bonds. The van der Waals surface area contributed by atoms with Gasteiger partial charge in [0, 0.05) is 35.9 Å². The van der Waals surface area contributed by atoms with E-state index in [0.717, 1.165) is 44.5 Å². The van der Waals surface area contributed by atoms with Crippen LogP contribution in [-0.4, -0.2) is 9.97 Å². The van der Waals surface area contributed by atoms with Gasteiger partial charge in [-0.05, 0) is 114 Å². The first-order valence-electron chi connectivity index (χ1n) is 18.9. The number of rotatable bonds is 6. The molecule has 4 heteroatoms. The molecule has 0 radical (unpaired) electrons. The molecule has 0 fully saturated rings. The molecule has 0 bridgehead atoms. The first-order chi connectivity index (χ1) is 28.1. The van der Waals surface area contributed by atoms with Crippen molar-refractivity contribution in [2.45, 2.75) is 5.41 Å². The topological polar surface area (TPSA) is 73.4 Å². The number of aromatic nitrogens is 2. The van der Waals surface area contributed by atoms with Gasteiger partial charge in [0.25, 0.3) is 0 Å². The molecular weight excluding hydrogens is 693 g/mol. The summed E-state index contributed by atoms with van der Waals surface area (Å²) >= 11 is 0. The summed E-state index contributed by atoms with van der Waals surface area (Å²) in [6.45, 7) is 0. The van der Waals surface area contributed by atoms with E-state index in [1.807, 2.05) is 24.5 Å². The average molecular weight is 725 g/mol. The highest BCUT2D eigenvalue weighted by atomic mass is 14.6. The van der Waals surface area contributed by atoms with Gasteiger partial charge in [-0.2, -0.15) is 10.5 Å². The van der Waals surface area contributed by atoms with E-state index >= 15 is 0 Å². The van der Waals surface area contributed by atoms with Crippen LogP contribution in [0.15, 0.2) is 195 Å². The van der Waals surface area contributed by atoms with E-state index in [4.69, 9.17) is 0 Å². The Hall–Kier alpha value is -7.92. The Balaban J connectivity index is 1.25. The molecule has 0 unspecified atom stereocenters. The van der Waals surface area contributed by atoms with Crippen molar-refractivity contribution < 1.29 is 0 Å². The van der Waals surface area contributed by atoms with Gasteiger partial charge in [-0.3, -0.25) is 9.97 Å². The lowest BCUT2D eigenvalue weighted by atomic mass is 9.67. The summed E-state index contributed by atoms with van der Waals surface area (Å²) in [6, 6.07) is 65.2. The Bertz CT molecular complexity index is 3060. The van der Waals surface area contributed by atoms with Gasteiger partial charge in [-0.15, -0.1) is 0 Å². The van der Waals surface area contributed by atoms with E-state index in [1.165, 1.54) is 44.2 Å². The van der Waals surface area contributed by atoms with Crippen molar-refractivity contribution in [3.63, 3.8) is 0 Å². The van der Waals surface area contributed by atoms with Crippen molar-refractivity contribution >= 4 is 10.8 Å². The third-order valence-corrected chi connectivity index (χ3v) is 11.3. The highest BCUT2D eigenvalue weighted by Gasteiger charge is 2.47. The third kappa shape index (κ3) is 5.51. The minimum absolute atomic E-state index is 0.533. The molecule has 4 nitrogen and oxygen atoms in total. The summed E-state index contributed by atoms with van der Waals surface area (Å²) < 4.78 is 0. The van der Waals surface area contributed by atoms with Gasteiger partial charge in [-0.1, -0.05) is 133 Å². The molecule has 2 heterocycles. The fourth-order valence-electron chi connectivity index (χ4n) is 8.82. The number of pyridine rings is 2. The van der Waals surface area contributed by atoms with Crippen LogP contribution in [0.5, 0.6) is 0 Å². The molecule has 0 atom stereocenters. The van der Waals surface area contributed by atoms with E-state index < -0.39 is 5.41 Å². The van der Waals surface area contributed by atoms with Crippen molar-refractivity contribution in [2.24, 2.45) is 0 Å². The van der Waals surface area contributed by atoms with Crippen molar-refractivity contribution in [3.8, 4) is 67.8 Å². The molecule has 0 saturated carbocycles. The van der Waals surface area contributed by atoms with Crippen molar-refractivity contribution in [1.29, 1.82) is 10.5 Å². The summed E-state index contributed by atoms with van der Waals surface area (Å²) in [4.78, 5) is 8.69. The van der Waals surface area contributed by atoms with E-state index in [9.17, 15) is 10.5 Å². The molecule has 7 aromatic carbocycles. The van der Waals surface area contributed by atoms with Crippen LogP contribution in [0.4, 0.5) is 0 Å². The predicted molar refractivity (Wildman–Crippen MR) is 228 cm³/mol. The smallest absolute Gasteiger partial charge is 0.101 e. The normalized spacial score (nSPS) is 12.3. The Morgan fingerprint density at radius 3 is 1.47 bits per heavy atom. The highest BCUT2D eigenvalue weighted by molar-refractivity contribution is 6.10. The van der Waals surface area contributed by atoms with E-state index in [1.54, 1.807) is 12.4 Å². The number of benzene rings is 7. The number of nitriles is 2. The molecule has 10 rings (SSSR count). The molecule has 0 aliphatic heterocycles. The molecule has 9 aromatic rings. The molecular formula is C53H32N4. The van der Waals surface area contributed by atoms with Crippen LogP contribution in [0, 0.1) is 22.7 Å². The van der Waals surface area contributed by atoms with E-state index in [-0.39, 0.29) is 0 Å². The lowest BCUT2D eigenvalue weighted by Gasteiger charge is -2.34. The fraction of sp³-hybridized carbons (Fsp3) is 0.0189. The maximum atomic E-state index is 9.62. The van der Waals surface area contributed by atoms with Crippen LogP contribution in [0.25, 0.3) is 66.4 Å². The monoisotopic (exact) mass is 724 g/mol. The largest absolute Gasteiger partial charge is 0.263 e. The third-order valence-electron chi connectivity index (χ3n) is 11.3. The summed E-state index contributed by atoms with van der Waals surface area (Å²) in [5.41, 5.74) is 15.9. The van der Waals surface area contributed by atoms with Gasteiger partial charge in [0.15, 0.2) is 0 Å². The SMILES string of the molecule is N#Cc1cncc(-c2cccc(-c3ccc4c(c3)C(c3ccccc3)(c3ccccc3)c3cc(-c5cccc(-c6cncc(C#N)c6)c5)c5ccccc5c3-4)c2)c1. The van der Waals surface area contributed by atoms with Crippen LogP contribution in [0.3, 0.4) is 0 Å². The van der Waals surface area contributed by atoms with Gasteiger partial charge >= 0.3 is 0 Å². The molecule has 264 valence electrons. The number of hydrogen-bond donors (Lipinski definition) is 0. The molecule has 0 N–H and O–H groups in total. The standard InChI is InChI=1S/C53H32N4/c54-29-35-23-42(33-56-31-35)38-12-9-11-37(25-38)40-21-22-48-50(27-40)53(44-15-3-1-4-16-44,45-17-5-2-6-18-45)51-28-49(46-19-7-8-20-47(46)52(48)51)41-14-10-13-39(26-41)43-24-36(30-55)32-57-34-43/h1-28,31-34H. The molecule has 57 heavy (non-hydrogen) atoms. The van der Waals surface area contributed by atoms with Crippen LogP contribution >= 0.6 is 0 Å². The minimum atomic E-state index is -0.646. The lowest BCUT2D eigenvalue weighted by molar-refractivity contribution is 0.769. The van der Waals surface area contributed by atoms with Crippen molar-refractivity contribution in [3.05, 3.63) is 228 Å². The van der Waals surface area contributed by atoms with Gasteiger partial charge in [0.1, 0.15) is 12.1 Å². The molecule has 1 aliphatic rings. The van der Waals surface area contributed by atoms with Crippen LogP contribution in [0.1, 0.15) is 33.4 Å². The first-order valence-corrected chi connectivity index (χ1v) is 18.9. The lowest BCUT2D eigenvalue weighted by Crippen LogP contribution is -2.28. The Kier molecular flexibility index (Phi) is 8.11. The predicted octanol–water partition coefficient (Wildman–Crippen LogP) is 12.4. The van der Waals surface area contributed by atoms with Crippen molar-refractivity contribution in [1.82, 2.24) is 9.97 Å². The quantitative estimate of drug-likeness (QED) is 0.171. The van der Waals surface area contributed by atoms with E-state index in [2.05, 4.69) is 180 Å². The Labute approximate surface area is 331 Å². The average Bonchev–Trinajstić information content (AvgIpc) is 3.60. The minimum Gasteiger partial charge on any atom is -0.263 e. The van der Waals surface area contributed by atoms with Gasteiger partial charge in [-0.25, -0.2) is 0 Å². The van der Waals surface area contributed by atoms with Gasteiger partial charge in [0.2, 0.25) is 0 Å². The maximum absolute atomic E-state index is 9.62. The number of hydrogen-bond acceptors (Lipinski definition) is 4. The second-order valence-corrected chi connectivity index (χ2v) is 14.4. The first kappa shape index (κ1) is 33.6. The summed E-state index contributed by atoms with van der Waals surface area (Å²) in [7, 11) is 0. The Morgan fingerprint density at radius 2 is 0.877 bits per heavy atom. The molecule has 1 aliphatic carbocycles. The molecule has 2 aromatic heterocycles. The summed E-state index contributed by atoms with van der Waals surface area (Å²) in [5, 5.41) is 21.5. The zero-order chi connectivity index (χ0) is 38.3. The van der Waals surface area contributed by atoms with Crippen LogP contribution in [-0.2, 0) is 5.41 Å². The second kappa shape index (κ2) is 13.7. The molecule has 0 saturated heterocycles. The fourth-order valence-corrected chi connectivity index (χ4v) is 8.82. The van der Waals surface area contributed by atoms with Crippen LogP contribution < -0.4 is 0 Å². The van der Waals surface area contributed by atoms with Crippen molar-refractivity contribution in [2.75, 3.05) is 0 Å². The summed E-state index contributed by atoms with van der Waals surface area (Å²) in [6.07, 6.45) is 6.82. The number of fused-ring (bicyclic) bond motifs is 5. The molecule has 0 spiro atoms. The second-order valence-electron chi connectivity index (χ2n) is 14.4. The zero-order valence-electron chi connectivity index (χ0n) is 30.8. The zero-order valence-corrected chi connectivity index (χ0v) is 30.8. The van der Waals surface area contributed by atoms with Gasteiger partial charge in [0.05, 0.1) is 16.5 Å². The number of nitrogens with zero attached hydrogens (tertiary/aromatic N) is 4. The highest BCUT2D eigenvalue weighted by Crippen LogP contribution is 2.59. The maximum Gasteiger partial charge on any atom is 0.101 e. The Morgan fingerprint density at radius 1 is 0.368 bits per heavy atom.